The number of benzene rings is 5. The number of rotatable bonds is 9. The summed E-state index contributed by atoms with van der Waals surface area (Å²) in [5.74, 6) is 0. The second kappa shape index (κ2) is 12.6. The highest BCUT2D eigenvalue weighted by Crippen LogP contribution is 2.42. The Hall–Kier alpha value is -4.82. The fourth-order valence-corrected chi connectivity index (χ4v) is 8.32. The van der Waals surface area contributed by atoms with Crippen LogP contribution in [0.15, 0.2) is 128 Å². The highest BCUT2D eigenvalue weighted by atomic mass is 32.2. The molecule has 1 aromatic heterocycles. The Labute approximate surface area is 286 Å². The van der Waals surface area contributed by atoms with Gasteiger partial charge in [0.2, 0.25) is 10.0 Å². The molecule has 0 atom stereocenters. The molecule has 0 saturated heterocycles. The maximum Gasteiger partial charge on any atom is 0.363 e. The summed E-state index contributed by atoms with van der Waals surface area (Å²) in [6.45, 7) is 0. The maximum atomic E-state index is 13.2. The molecule has 252 valence electrons. The summed E-state index contributed by atoms with van der Waals surface area (Å²) in [7, 11) is -5.77. The van der Waals surface area contributed by atoms with Crippen molar-refractivity contribution < 1.29 is 29.7 Å². The van der Waals surface area contributed by atoms with Crippen molar-refractivity contribution in [3.05, 3.63) is 109 Å². The maximum absolute atomic E-state index is 13.2. The number of hydrogen-bond acceptors (Lipinski definition) is 8. The van der Waals surface area contributed by atoms with E-state index in [1.807, 2.05) is 42.3 Å². The predicted octanol–water partition coefficient (Wildman–Crippen LogP) is 6.79. The molecule has 0 aliphatic rings. The van der Waals surface area contributed by atoms with Crippen molar-refractivity contribution >= 4 is 74.4 Å². The Morgan fingerprint density at radius 2 is 1.08 bits per heavy atom. The van der Waals surface area contributed by atoms with Gasteiger partial charge in [0.25, 0.3) is 0 Å². The van der Waals surface area contributed by atoms with E-state index in [1.54, 1.807) is 90.8 Å². The fourth-order valence-electron chi connectivity index (χ4n) is 5.85. The second-order valence-electron chi connectivity index (χ2n) is 11.7. The van der Waals surface area contributed by atoms with Crippen molar-refractivity contribution in [3.63, 3.8) is 0 Å². The smallest absolute Gasteiger partial charge is 0.344 e. The van der Waals surface area contributed by atoms with E-state index in [-0.39, 0.29) is 14.7 Å². The number of anilines is 4. The highest BCUT2D eigenvalue weighted by Gasteiger charge is 2.27. The van der Waals surface area contributed by atoms with Crippen molar-refractivity contribution in [1.29, 1.82) is 0 Å². The van der Waals surface area contributed by atoms with Crippen molar-refractivity contribution in [3.8, 4) is 11.1 Å². The minimum atomic E-state index is -3.86. The van der Waals surface area contributed by atoms with E-state index < -0.39 is 29.7 Å². The van der Waals surface area contributed by atoms with E-state index in [2.05, 4.69) is 4.72 Å². The van der Waals surface area contributed by atoms with Gasteiger partial charge >= 0.3 is 11.2 Å². The number of hydrogen-bond donors (Lipinski definition) is 1. The first kappa shape index (κ1) is 34.1. The molecule has 0 unspecified atom stereocenters. The van der Waals surface area contributed by atoms with E-state index >= 15 is 0 Å². The van der Waals surface area contributed by atoms with Gasteiger partial charge in [-0.2, -0.15) is 0 Å². The van der Waals surface area contributed by atoms with Gasteiger partial charge in [-0.25, -0.2) is 34.4 Å². The van der Waals surface area contributed by atoms with Gasteiger partial charge in [0.05, 0.1) is 54.7 Å². The first-order valence-electron chi connectivity index (χ1n) is 15.0. The minimum Gasteiger partial charge on any atom is -0.344 e. The zero-order chi connectivity index (χ0) is 35.3. The SMILES string of the molecule is CNS(=O)(=O)c1ccccc1-c1c2ccc(N(C)c3ccc(S(C)(=O)=O)cc3)cc2[o+]c2cc(N(C)c3ccccc3S(C)(=O)=O)ccc12. The molecule has 0 amide bonds. The van der Waals surface area contributed by atoms with Crippen LogP contribution in [0.25, 0.3) is 33.1 Å². The van der Waals surface area contributed by atoms with Crippen LogP contribution < -0.4 is 14.5 Å². The Bertz CT molecular complexity index is 2590. The van der Waals surface area contributed by atoms with Crippen LogP contribution in [-0.2, 0) is 29.7 Å². The summed E-state index contributed by atoms with van der Waals surface area (Å²) in [4.78, 5) is 4.14. The van der Waals surface area contributed by atoms with Crippen molar-refractivity contribution in [2.24, 2.45) is 0 Å². The Morgan fingerprint density at radius 3 is 1.63 bits per heavy atom. The van der Waals surface area contributed by atoms with Crippen LogP contribution in [0.3, 0.4) is 0 Å². The molecule has 13 heteroatoms. The van der Waals surface area contributed by atoms with E-state index in [0.717, 1.165) is 17.6 Å². The number of nitrogens with zero attached hydrogens (tertiary/aromatic N) is 2. The molecule has 6 aromatic rings. The normalized spacial score (nSPS) is 12.3. The third-order valence-corrected chi connectivity index (χ3v) is 12.2. The zero-order valence-corrected chi connectivity index (χ0v) is 29.8. The van der Waals surface area contributed by atoms with E-state index in [4.69, 9.17) is 4.42 Å². The van der Waals surface area contributed by atoms with Crippen molar-refractivity contribution in [2.45, 2.75) is 14.7 Å². The molecule has 0 saturated carbocycles. The van der Waals surface area contributed by atoms with Crippen LogP contribution in [0, 0.1) is 0 Å². The summed E-state index contributed by atoms with van der Waals surface area (Å²) < 4.78 is 84.7. The van der Waals surface area contributed by atoms with Gasteiger partial charge in [-0.15, -0.1) is 0 Å². The third kappa shape index (κ3) is 6.49. The van der Waals surface area contributed by atoms with Gasteiger partial charge in [0.1, 0.15) is 0 Å². The molecule has 6 rings (SSSR count). The molecule has 0 fully saturated rings. The van der Waals surface area contributed by atoms with Crippen LogP contribution in [0.5, 0.6) is 0 Å². The summed E-state index contributed by atoms with van der Waals surface area (Å²) in [5.41, 5.74) is 4.64. The van der Waals surface area contributed by atoms with Crippen LogP contribution in [0.4, 0.5) is 22.7 Å². The molecule has 5 aromatic carbocycles. The molecule has 0 aliphatic carbocycles. The van der Waals surface area contributed by atoms with Crippen LogP contribution in [-0.4, -0.2) is 58.9 Å². The zero-order valence-electron chi connectivity index (χ0n) is 27.4. The predicted molar refractivity (Wildman–Crippen MR) is 195 cm³/mol. The minimum absolute atomic E-state index is 0.0988. The molecule has 10 nitrogen and oxygen atoms in total. The first-order chi connectivity index (χ1) is 23.1. The van der Waals surface area contributed by atoms with Crippen molar-refractivity contribution in [2.75, 3.05) is 43.5 Å². The van der Waals surface area contributed by atoms with Gasteiger partial charge < -0.3 is 9.80 Å². The van der Waals surface area contributed by atoms with Crippen LogP contribution >= 0.6 is 0 Å². The fraction of sp³-hybridized carbons (Fsp3) is 0.139. The number of nitrogens with one attached hydrogen (secondary N) is 1. The largest absolute Gasteiger partial charge is 0.363 e. The van der Waals surface area contributed by atoms with Gasteiger partial charge in [-0.05, 0) is 73.8 Å². The Balaban J connectivity index is 1.59. The van der Waals surface area contributed by atoms with Gasteiger partial charge in [-0.3, -0.25) is 0 Å². The van der Waals surface area contributed by atoms with Gasteiger partial charge in [-0.1, -0.05) is 30.3 Å². The molecular formula is C36H34N3O7S3+. The lowest BCUT2D eigenvalue weighted by Crippen LogP contribution is -2.19. The Morgan fingerprint density at radius 1 is 0.571 bits per heavy atom. The van der Waals surface area contributed by atoms with Crippen molar-refractivity contribution in [1.82, 2.24) is 4.72 Å². The average Bonchev–Trinajstić information content (AvgIpc) is 3.08. The Kier molecular flexibility index (Phi) is 8.74. The molecule has 0 bridgehead atoms. The molecule has 1 heterocycles. The van der Waals surface area contributed by atoms with E-state index in [0.29, 0.717) is 44.4 Å². The molecule has 49 heavy (non-hydrogen) atoms. The lowest BCUT2D eigenvalue weighted by molar-refractivity contribution is 0.588. The third-order valence-electron chi connectivity index (χ3n) is 8.46. The van der Waals surface area contributed by atoms with Crippen LogP contribution in [0.2, 0.25) is 0 Å². The standard InChI is InChI=1S/C36H34N3O7S3/c1-37-49(44,45)34-12-8-6-10-30(34)36-28-20-16-25(38(2)24-14-18-27(19-15-24)47(4,40)41)22-32(28)46-33-23-26(17-21-29(33)36)39(3)31-11-7-9-13-35(31)48(5,42)43/h6-23,37H,1-5H3/q+1. The monoisotopic (exact) mass is 716 g/mol. The van der Waals surface area contributed by atoms with Crippen LogP contribution in [0.1, 0.15) is 0 Å². The summed E-state index contributed by atoms with van der Waals surface area (Å²) in [6, 6.07) is 31.1. The van der Waals surface area contributed by atoms with Gasteiger partial charge in [0.15, 0.2) is 19.7 Å². The van der Waals surface area contributed by atoms with E-state index in [9.17, 15) is 25.3 Å². The molecular weight excluding hydrogens is 683 g/mol. The van der Waals surface area contributed by atoms with Gasteiger partial charge in [0, 0.05) is 43.4 Å². The number of sulfonamides is 1. The number of para-hydroxylation sites is 1. The number of sulfone groups is 2. The molecule has 1 N–H and O–H groups in total. The highest BCUT2D eigenvalue weighted by molar-refractivity contribution is 7.91. The topological polar surface area (TPSA) is 132 Å². The quantitative estimate of drug-likeness (QED) is 0.127. The molecule has 0 radical (unpaired) electrons. The lowest BCUT2D eigenvalue weighted by atomic mass is 9.96. The lowest BCUT2D eigenvalue weighted by Gasteiger charge is -2.22. The van der Waals surface area contributed by atoms with E-state index in [1.165, 1.54) is 13.3 Å². The number of fused-ring (bicyclic) bond motifs is 2. The summed E-state index contributed by atoms with van der Waals surface area (Å²) in [6.07, 6.45) is 2.32. The molecule has 0 spiro atoms. The first-order valence-corrected chi connectivity index (χ1v) is 20.3. The summed E-state index contributed by atoms with van der Waals surface area (Å²) >= 11 is 0. The second-order valence-corrected chi connectivity index (χ2v) is 17.5. The summed E-state index contributed by atoms with van der Waals surface area (Å²) in [5, 5.41) is 1.32. The molecule has 0 aliphatic heterocycles. The average molecular weight is 717 g/mol.